The van der Waals surface area contributed by atoms with E-state index in [-0.39, 0.29) is 13.2 Å². The van der Waals surface area contributed by atoms with Gasteiger partial charge in [-0.2, -0.15) is 0 Å². The summed E-state index contributed by atoms with van der Waals surface area (Å²) in [5, 5.41) is 36.3. The van der Waals surface area contributed by atoms with Gasteiger partial charge in [-0.25, -0.2) is 0 Å². The van der Waals surface area contributed by atoms with Crippen molar-refractivity contribution >= 4 is 0 Å². The van der Waals surface area contributed by atoms with Crippen LogP contribution in [0.1, 0.15) is 26.7 Å². The fourth-order valence-corrected chi connectivity index (χ4v) is 1.54. The van der Waals surface area contributed by atoms with E-state index in [0.717, 1.165) is 12.8 Å². The molecule has 0 aliphatic rings. The molecule has 0 aromatic rings. The largest absolute Gasteiger partial charge is 0.395 e. The van der Waals surface area contributed by atoms with Crippen molar-refractivity contribution in [2.75, 3.05) is 19.7 Å². The molecule has 0 fully saturated rings. The number of hydrogen-bond acceptors (Lipinski definition) is 5. The number of rotatable bonds is 8. The van der Waals surface area contributed by atoms with E-state index in [0.29, 0.717) is 6.54 Å². The van der Waals surface area contributed by atoms with Crippen LogP contribution in [0, 0.1) is 0 Å². The highest BCUT2D eigenvalue weighted by atomic mass is 16.5. The van der Waals surface area contributed by atoms with E-state index < -0.39 is 18.4 Å². The zero-order valence-electron chi connectivity index (χ0n) is 9.50. The van der Waals surface area contributed by atoms with E-state index in [4.69, 9.17) is 15.3 Å². The summed E-state index contributed by atoms with van der Waals surface area (Å²) in [5.41, 5.74) is 0. The van der Waals surface area contributed by atoms with Gasteiger partial charge in [-0.15, -0.1) is 0 Å². The Morgan fingerprint density at radius 1 is 1.20 bits per heavy atom. The summed E-state index contributed by atoms with van der Waals surface area (Å²) >= 11 is 0. The molecule has 0 heterocycles. The van der Waals surface area contributed by atoms with E-state index >= 15 is 0 Å². The molecular formula is C10H23NO4. The second-order valence-corrected chi connectivity index (χ2v) is 3.82. The molecule has 0 spiro atoms. The van der Waals surface area contributed by atoms with Gasteiger partial charge in [0.2, 0.25) is 0 Å². The molecule has 0 aromatic carbocycles. The minimum absolute atomic E-state index is 0.0517. The predicted molar refractivity (Wildman–Crippen MR) is 57.3 cm³/mol. The van der Waals surface area contributed by atoms with Gasteiger partial charge in [-0.3, -0.25) is 4.90 Å². The maximum Gasteiger partial charge on any atom is 0.164 e. The van der Waals surface area contributed by atoms with Crippen LogP contribution in [0.15, 0.2) is 0 Å². The summed E-state index contributed by atoms with van der Waals surface area (Å²) in [6.45, 7) is 4.13. The number of aliphatic hydroxyl groups excluding tert-OH is 3. The minimum atomic E-state index is -1.44. The Morgan fingerprint density at radius 3 is 2.13 bits per heavy atom. The molecule has 1 unspecified atom stereocenters. The van der Waals surface area contributed by atoms with Gasteiger partial charge in [0.25, 0.3) is 0 Å². The fraction of sp³-hybridized carbons (Fsp3) is 1.00. The van der Waals surface area contributed by atoms with Crippen LogP contribution in [0.2, 0.25) is 0 Å². The first-order chi connectivity index (χ1) is 7.02. The highest BCUT2D eigenvalue weighted by Gasteiger charge is 2.23. The standard InChI is InChI=1S/C10H23NO4/c1-3-4-5-11(6-10(14)15)9(7-12)8(2)13/h8-10,12-15H,3-7H2,1-2H3/t8-,9?/m0/s1. The first-order valence-corrected chi connectivity index (χ1v) is 5.42. The lowest BCUT2D eigenvalue weighted by Crippen LogP contribution is -2.48. The monoisotopic (exact) mass is 221 g/mol. The SMILES string of the molecule is CCCCN(CC(O)O)C(CO)[C@H](C)O. The second kappa shape index (κ2) is 8.01. The Bertz CT molecular complexity index is 152. The normalized spacial score (nSPS) is 16.0. The molecule has 15 heavy (non-hydrogen) atoms. The summed E-state index contributed by atoms with van der Waals surface area (Å²) in [4.78, 5) is 1.71. The number of nitrogens with zero attached hydrogens (tertiary/aromatic N) is 1. The zero-order valence-corrected chi connectivity index (χ0v) is 9.50. The fourth-order valence-electron chi connectivity index (χ4n) is 1.54. The molecule has 0 saturated carbocycles. The lowest BCUT2D eigenvalue weighted by molar-refractivity contribution is -0.0829. The van der Waals surface area contributed by atoms with E-state index in [1.165, 1.54) is 0 Å². The molecule has 0 rings (SSSR count). The quantitative estimate of drug-likeness (QED) is 0.401. The molecule has 0 saturated heterocycles. The molecule has 0 amide bonds. The summed E-state index contributed by atoms with van der Waals surface area (Å²) in [5.74, 6) is 0. The summed E-state index contributed by atoms with van der Waals surface area (Å²) in [6.07, 6.45) is -0.244. The van der Waals surface area contributed by atoms with Crippen LogP contribution < -0.4 is 0 Å². The summed E-state index contributed by atoms with van der Waals surface area (Å²) in [7, 11) is 0. The van der Waals surface area contributed by atoms with Crippen LogP contribution in [-0.2, 0) is 0 Å². The van der Waals surface area contributed by atoms with E-state index in [1.54, 1.807) is 11.8 Å². The van der Waals surface area contributed by atoms with Crippen LogP contribution in [0.4, 0.5) is 0 Å². The van der Waals surface area contributed by atoms with Crippen molar-refractivity contribution in [3.63, 3.8) is 0 Å². The Morgan fingerprint density at radius 2 is 1.80 bits per heavy atom. The number of unbranched alkanes of at least 4 members (excludes halogenated alkanes) is 1. The van der Waals surface area contributed by atoms with Gasteiger partial charge in [-0.05, 0) is 19.9 Å². The molecule has 0 aliphatic heterocycles. The first-order valence-electron chi connectivity index (χ1n) is 5.42. The Balaban J connectivity index is 4.29. The third-order valence-corrected chi connectivity index (χ3v) is 2.41. The smallest absolute Gasteiger partial charge is 0.164 e. The lowest BCUT2D eigenvalue weighted by atomic mass is 10.1. The minimum Gasteiger partial charge on any atom is -0.395 e. The summed E-state index contributed by atoms with van der Waals surface area (Å²) in [6, 6.07) is -0.432. The second-order valence-electron chi connectivity index (χ2n) is 3.82. The molecule has 0 aliphatic carbocycles. The van der Waals surface area contributed by atoms with Crippen molar-refractivity contribution < 1.29 is 20.4 Å². The van der Waals surface area contributed by atoms with Crippen LogP contribution in [0.5, 0.6) is 0 Å². The molecule has 0 aromatic heterocycles. The Labute approximate surface area is 91.0 Å². The molecule has 0 radical (unpaired) electrons. The number of hydrogen-bond donors (Lipinski definition) is 4. The Kier molecular flexibility index (Phi) is 7.90. The molecule has 5 nitrogen and oxygen atoms in total. The van der Waals surface area contributed by atoms with Gasteiger partial charge in [-0.1, -0.05) is 13.3 Å². The van der Waals surface area contributed by atoms with Crippen molar-refractivity contribution in [1.29, 1.82) is 0 Å². The maximum absolute atomic E-state index is 9.43. The van der Waals surface area contributed by atoms with Crippen LogP contribution >= 0.6 is 0 Å². The van der Waals surface area contributed by atoms with Gasteiger partial charge < -0.3 is 20.4 Å². The Hall–Kier alpha value is -0.200. The van der Waals surface area contributed by atoms with Crippen molar-refractivity contribution in [3.05, 3.63) is 0 Å². The molecule has 0 bridgehead atoms. The average molecular weight is 221 g/mol. The molecular weight excluding hydrogens is 198 g/mol. The third-order valence-electron chi connectivity index (χ3n) is 2.41. The molecule has 92 valence electrons. The van der Waals surface area contributed by atoms with Gasteiger partial charge in [0.15, 0.2) is 6.29 Å². The lowest BCUT2D eigenvalue weighted by Gasteiger charge is -2.32. The van der Waals surface area contributed by atoms with E-state index in [9.17, 15) is 5.11 Å². The van der Waals surface area contributed by atoms with Gasteiger partial charge in [0, 0.05) is 6.54 Å². The molecule has 5 heteroatoms. The summed E-state index contributed by atoms with van der Waals surface area (Å²) < 4.78 is 0. The van der Waals surface area contributed by atoms with Crippen molar-refractivity contribution in [2.45, 2.75) is 45.1 Å². The number of aliphatic hydroxyl groups is 4. The van der Waals surface area contributed by atoms with Gasteiger partial charge in [0.05, 0.1) is 18.8 Å². The highest BCUT2D eigenvalue weighted by Crippen LogP contribution is 2.07. The van der Waals surface area contributed by atoms with Crippen LogP contribution in [0.25, 0.3) is 0 Å². The van der Waals surface area contributed by atoms with Crippen LogP contribution in [0.3, 0.4) is 0 Å². The maximum atomic E-state index is 9.43. The third kappa shape index (κ3) is 6.06. The molecule has 4 N–H and O–H groups in total. The predicted octanol–water partition coefficient (Wildman–Crippen LogP) is -0.859. The molecule has 2 atom stereocenters. The van der Waals surface area contributed by atoms with Crippen molar-refractivity contribution in [2.24, 2.45) is 0 Å². The topological polar surface area (TPSA) is 84.2 Å². The van der Waals surface area contributed by atoms with Crippen molar-refractivity contribution in [3.8, 4) is 0 Å². The van der Waals surface area contributed by atoms with Gasteiger partial charge >= 0.3 is 0 Å². The van der Waals surface area contributed by atoms with Crippen LogP contribution in [-0.4, -0.2) is 63.5 Å². The first kappa shape index (κ1) is 14.8. The zero-order chi connectivity index (χ0) is 11.8. The van der Waals surface area contributed by atoms with E-state index in [1.807, 2.05) is 6.92 Å². The highest BCUT2D eigenvalue weighted by molar-refractivity contribution is 4.76. The average Bonchev–Trinajstić information content (AvgIpc) is 2.13. The van der Waals surface area contributed by atoms with Gasteiger partial charge in [0.1, 0.15) is 0 Å². The van der Waals surface area contributed by atoms with Crippen molar-refractivity contribution in [1.82, 2.24) is 4.90 Å². The van der Waals surface area contributed by atoms with E-state index in [2.05, 4.69) is 0 Å².